The average molecular weight is 422 g/mol. The number of hydrogen-bond acceptors (Lipinski definition) is 7. The molecule has 31 heavy (non-hydrogen) atoms. The van der Waals surface area contributed by atoms with E-state index in [0.717, 1.165) is 24.7 Å². The number of carbonyl (C=O) groups is 1. The van der Waals surface area contributed by atoms with Crippen LogP contribution >= 0.6 is 0 Å². The van der Waals surface area contributed by atoms with Crippen LogP contribution in [0.3, 0.4) is 0 Å². The largest absolute Gasteiger partial charge is 0.356 e. The van der Waals surface area contributed by atoms with Crippen LogP contribution in [0.25, 0.3) is 10.9 Å². The van der Waals surface area contributed by atoms with Crippen molar-refractivity contribution in [3.05, 3.63) is 53.1 Å². The van der Waals surface area contributed by atoms with Gasteiger partial charge in [0.25, 0.3) is 5.56 Å². The minimum Gasteiger partial charge on any atom is -0.356 e. The normalized spacial score (nSPS) is 14.1. The molecule has 9 heteroatoms. The van der Waals surface area contributed by atoms with Crippen LogP contribution in [-0.2, 0) is 11.3 Å². The second-order valence-corrected chi connectivity index (χ2v) is 7.48. The Bertz CT molecular complexity index is 1100. The highest BCUT2D eigenvalue weighted by atomic mass is 16.2. The molecule has 0 saturated carbocycles. The molecule has 4 rings (SSSR count). The quantitative estimate of drug-likeness (QED) is 0.594. The standard InChI is InChI=1S/C22H27N7O2/c1-3-26(4-2)19-9-10-20(25-24-19)27-11-13-28(14-12-27)21(30)15-29-16-23-18-8-6-5-7-17(18)22(29)31/h5-10,16H,3-4,11-15H2,1-2H3. The number of aromatic nitrogens is 4. The van der Waals surface area contributed by atoms with Crippen molar-refractivity contribution < 1.29 is 4.79 Å². The molecule has 0 aliphatic carbocycles. The van der Waals surface area contributed by atoms with Gasteiger partial charge in [0.2, 0.25) is 5.91 Å². The summed E-state index contributed by atoms with van der Waals surface area (Å²) in [5.74, 6) is 1.61. The topological polar surface area (TPSA) is 87.5 Å². The van der Waals surface area contributed by atoms with Crippen LogP contribution < -0.4 is 15.4 Å². The van der Waals surface area contributed by atoms with Gasteiger partial charge < -0.3 is 14.7 Å². The Kier molecular flexibility index (Phi) is 6.11. The van der Waals surface area contributed by atoms with Crippen molar-refractivity contribution in [1.29, 1.82) is 0 Å². The third kappa shape index (κ3) is 4.35. The molecular formula is C22H27N7O2. The fourth-order valence-electron chi connectivity index (χ4n) is 3.85. The molecule has 9 nitrogen and oxygen atoms in total. The SMILES string of the molecule is CCN(CC)c1ccc(N2CCN(C(=O)Cn3cnc4ccccc4c3=O)CC2)nn1. The average Bonchev–Trinajstić information content (AvgIpc) is 2.82. The van der Waals surface area contributed by atoms with Gasteiger partial charge in [-0.25, -0.2) is 4.98 Å². The Labute approximate surface area is 180 Å². The molecule has 0 spiro atoms. The predicted octanol–water partition coefficient (Wildman–Crippen LogP) is 1.38. The van der Waals surface area contributed by atoms with Gasteiger partial charge in [-0.05, 0) is 38.1 Å². The Morgan fingerprint density at radius 3 is 2.42 bits per heavy atom. The Hall–Kier alpha value is -3.49. The zero-order valence-electron chi connectivity index (χ0n) is 17.9. The van der Waals surface area contributed by atoms with Crippen molar-refractivity contribution in [2.75, 3.05) is 49.1 Å². The summed E-state index contributed by atoms with van der Waals surface area (Å²) in [5, 5.41) is 9.25. The minimum atomic E-state index is -0.193. The summed E-state index contributed by atoms with van der Waals surface area (Å²) in [7, 11) is 0. The van der Waals surface area contributed by atoms with Crippen molar-refractivity contribution in [2.24, 2.45) is 0 Å². The maximum absolute atomic E-state index is 12.8. The number of rotatable bonds is 6. The van der Waals surface area contributed by atoms with Gasteiger partial charge in [0.15, 0.2) is 11.6 Å². The predicted molar refractivity (Wildman–Crippen MR) is 120 cm³/mol. The molecule has 1 fully saturated rings. The van der Waals surface area contributed by atoms with E-state index in [1.165, 1.54) is 10.9 Å². The first-order valence-electron chi connectivity index (χ1n) is 10.7. The van der Waals surface area contributed by atoms with E-state index in [2.05, 4.69) is 38.8 Å². The first kappa shape index (κ1) is 20.8. The van der Waals surface area contributed by atoms with Crippen molar-refractivity contribution >= 4 is 28.4 Å². The Morgan fingerprint density at radius 2 is 1.74 bits per heavy atom. The fraction of sp³-hybridized carbons (Fsp3) is 0.409. The van der Waals surface area contributed by atoms with Crippen molar-refractivity contribution in [1.82, 2.24) is 24.6 Å². The van der Waals surface area contributed by atoms with Crippen molar-refractivity contribution in [3.8, 4) is 0 Å². The van der Waals surface area contributed by atoms with Gasteiger partial charge in [-0.3, -0.25) is 14.2 Å². The van der Waals surface area contributed by atoms with Crippen LogP contribution in [0.2, 0.25) is 0 Å². The van der Waals surface area contributed by atoms with E-state index in [4.69, 9.17) is 0 Å². The third-order valence-corrected chi connectivity index (χ3v) is 5.72. The van der Waals surface area contributed by atoms with E-state index in [1.54, 1.807) is 23.1 Å². The van der Waals surface area contributed by atoms with Crippen LogP contribution in [0, 0.1) is 0 Å². The lowest BCUT2D eigenvalue weighted by Gasteiger charge is -2.35. The molecule has 1 amide bonds. The van der Waals surface area contributed by atoms with Crippen LogP contribution in [0.15, 0.2) is 47.5 Å². The maximum atomic E-state index is 12.8. The fourth-order valence-corrected chi connectivity index (χ4v) is 3.85. The number of hydrogen-bond donors (Lipinski definition) is 0. The van der Waals surface area contributed by atoms with Gasteiger partial charge in [-0.15, -0.1) is 10.2 Å². The molecule has 1 aromatic carbocycles. The number of benzene rings is 1. The second-order valence-electron chi connectivity index (χ2n) is 7.48. The van der Waals surface area contributed by atoms with Crippen molar-refractivity contribution in [2.45, 2.75) is 20.4 Å². The maximum Gasteiger partial charge on any atom is 0.261 e. The minimum absolute atomic E-state index is 0.00492. The summed E-state index contributed by atoms with van der Waals surface area (Å²) >= 11 is 0. The number of amides is 1. The lowest BCUT2D eigenvalue weighted by molar-refractivity contribution is -0.132. The highest BCUT2D eigenvalue weighted by Gasteiger charge is 2.23. The van der Waals surface area contributed by atoms with E-state index in [-0.39, 0.29) is 18.0 Å². The zero-order valence-corrected chi connectivity index (χ0v) is 17.9. The third-order valence-electron chi connectivity index (χ3n) is 5.72. The number of anilines is 2. The monoisotopic (exact) mass is 421 g/mol. The summed E-state index contributed by atoms with van der Waals surface area (Å²) in [4.78, 5) is 35.8. The summed E-state index contributed by atoms with van der Waals surface area (Å²) in [5.41, 5.74) is 0.444. The first-order chi connectivity index (χ1) is 15.1. The van der Waals surface area contributed by atoms with E-state index in [0.29, 0.717) is 37.1 Å². The highest BCUT2D eigenvalue weighted by Crippen LogP contribution is 2.16. The van der Waals surface area contributed by atoms with Gasteiger partial charge in [0.1, 0.15) is 6.54 Å². The lowest BCUT2D eigenvalue weighted by Crippen LogP contribution is -2.50. The molecule has 2 aromatic heterocycles. The number of fused-ring (bicyclic) bond motifs is 1. The van der Waals surface area contributed by atoms with Crippen LogP contribution in [-0.4, -0.2) is 69.8 Å². The molecule has 3 heterocycles. The molecule has 1 aliphatic heterocycles. The van der Waals surface area contributed by atoms with Gasteiger partial charge in [0, 0.05) is 39.3 Å². The van der Waals surface area contributed by atoms with Gasteiger partial charge >= 0.3 is 0 Å². The smallest absolute Gasteiger partial charge is 0.261 e. The summed E-state index contributed by atoms with van der Waals surface area (Å²) in [6, 6.07) is 11.1. The molecule has 3 aromatic rings. The summed E-state index contributed by atoms with van der Waals surface area (Å²) in [6.07, 6.45) is 1.45. The highest BCUT2D eigenvalue weighted by molar-refractivity contribution is 5.79. The number of para-hydroxylation sites is 1. The van der Waals surface area contributed by atoms with Gasteiger partial charge in [0.05, 0.1) is 17.2 Å². The van der Waals surface area contributed by atoms with Crippen LogP contribution in [0.1, 0.15) is 13.8 Å². The molecule has 162 valence electrons. The Morgan fingerprint density at radius 1 is 1.00 bits per heavy atom. The number of carbonyl (C=O) groups excluding carboxylic acids is 1. The first-order valence-corrected chi connectivity index (χ1v) is 10.7. The Balaban J connectivity index is 1.37. The number of piperazine rings is 1. The second kappa shape index (κ2) is 9.11. The summed E-state index contributed by atoms with van der Waals surface area (Å²) in [6.45, 7) is 8.47. The molecule has 1 aliphatic rings. The molecule has 0 radical (unpaired) electrons. The number of nitrogens with zero attached hydrogens (tertiary/aromatic N) is 7. The molecule has 0 unspecified atom stereocenters. The van der Waals surface area contributed by atoms with Crippen LogP contribution in [0.5, 0.6) is 0 Å². The van der Waals surface area contributed by atoms with E-state index >= 15 is 0 Å². The van der Waals surface area contributed by atoms with Crippen molar-refractivity contribution in [3.63, 3.8) is 0 Å². The van der Waals surface area contributed by atoms with Gasteiger partial charge in [-0.1, -0.05) is 12.1 Å². The van der Waals surface area contributed by atoms with E-state index < -0.39 is 0 Å². The lowest BCUT2D eigenvalue weighted by atomic mass is 10.2. The van der Waals surface area contributed by atoms with Gasteiger partial charge in [-0.2, -0.15) is 0 Å². The summed E-state index contributed by atoms with van der Waals surface area (Å²) < 4.78 is 1.38. The zero-order chi connectivity index (χ0) is 21.8. The molecular weight excluding hydrogens is 394 g/mol. The molecule has 0 bridgehead atoms. The molecule has 1 saturated heterocycles. The van der Waals surface area contributed by atoms with E-state index in [9.17, 15) is 9.59 Å². The molecule has 0 N–H and O–H groups in total. The molecule has 0 atom stereocenters. The van der Waals surface area contributed by atoms with E-state index in [1.807, 2.05) is 18.2 Å². The van der Waals surface area contributed by atoms with Crippen LogP contribution in [0.4, 0.5) is 11.6 Å².